The van der Waals surface area contributed by atoms with Gasteiger partial charge in [0.15, 0.2) is 0 Å². The van der Waals surface area contributed by atoms with Gasteiger partial charge in [-0.1, -0.05) is 29.3 Å². The third kappa shape index (κ3) is 2.85. The Hall–Kier alpha value is -2.10. The second-order valence-electron chi connectivity index (χ2n) is 5.02. The normalized spacial score (nSPS) is 11.8. The third-order valence-electron chi connectivity index (χ3n) is 3.16. The number of aromatic hydroxyl groups is 1. The number of anilines is 1. The van der Waals surface area contributed by atoms with E-state index in [0.717, 1.165) is 4.52 Å². The first kappa shape index (κ1) is 16.7. The Morgan fingerprint density at radius 1 is 1.21 bits per heavy atom. The maximum atomic E-state index is 12.5. The molecule has 0 radical (unpaired) electrons. The number of fused-ring (bicyclic) bond motifs is 1. The van der Waals surface area contributed by atoms with E-state index >= 15 is 0 Å². The van der Waals surface area contributed by atoms with Crippen LogP contribution in [0.3, 0.4) is 0 Å². The van der Waals surface area contributed by atoms with Gasteiger partial charge in [0.2, 0.25) is 5.88 Å². The highest BCUT2D eigenvalue weighted by molar-refractivity contribution is 7.92. The molecule has 0 aliphatic rings. The van der Waals surface area contributed by atoms with E-state index in [1.165, 1.54) is 12.1 Å². The molecule has 0 fully saturated rings. The molecule has 11 heteroatoms. The molecule has 126 valence electrons. The predicted octanol–water partition coefficient (Wildman–Crippen LogP) is 2.55. The average Bonchev–Trinajstić information content (AvgIpc) is 2.93. The van der Waals surface area contributed by atoms with E-state index in [-0.39, 0.29) is 27.4 Å². The Bertz CT molecular complexity index is 1070. The Balaban J connectivity index is 2.09. The predicted molar refractivity (Wildman–Crippen MR) is 89.2 cm³/mol. The topological polar surface area (TPSA) is 109 Å². The zero-order chi connectivity index (χ0) is 17.6. The molecule has 8 nitrogen and oxygen atoms in total. The molecule has 0 saturated heterocycles. The molecule has 0 spiro atoms. The van der Waals surface area contributed by atoms with Crippen LogP contribution in [0.5, 0.6) is 5.88 Å². The number of nitrogens with one attached hydrogen (secondary N) is 1. The van der Waals surface area contributed by atoms with Gasteiger partial charge in [-0.15, -0.1) is 5.10 Å². The van der Waals surface area contributed by atoms with Crippen LogP contribution in [0.4, 0.5) is 5.69 Å². The Kier molecular flexibility index (Phi) is 4.02. The first-order valence-electron chi connectivity index (χ1n) is 6.60. The minimum atomic E-state index is -4.18. The summed E-state index contributed by atoms with van der Waals surface area (Å²) in [6, 6.07) is 4.52. The molecule has 0 saturated carbocycles. The van der Waals surface area contributed by atoms with E-state index in [4.69, 9.17) is 23.2 Å². The second-order valence-corrected chi connectivity index (χ2v) is 7.38. The molecule has 24 heavy (non-hydrogen) atoms. The monoisotopic (exact) mass is 387 g/mol. The fraction of sp³-hybridized carbons (Fsp3) is 0.154. The molecule has 0 bridgehead atoms. The lowest BCUT2D eigenvalue weighted by Crippen LogP contribution is -2.15. The molecular weight excluding hydrogens is 377 g/mol. The van der Waals surface area contributed by atoms with Gasteiger partial charge in [0, 0.05) is 11.8 Å². The van der Waals surface area contributed by atoms with Gasteiger partial charge in [0.1, 0.15) is 0 Å². The van der Waals surface area contributed by atoms with Crippen LogP contribution in [-0.2, 0) is 10.0 Å². The van der Waals surface area contributed by atoms with Crippen molar-refractivity contribution >= 4 is 44.7 Å². The van der Waals surface area contributed by atoms with E-state index in [2.05, 4.69) is 19.8 Å². The van der Waals surface area contributed by atoms with Gasteiger partial charge in [-0.05, 0) is 25.5 Å². The number of sulfonamides is 1. The maximum absolute atomic E-state index is 12.5. The van der Waals surface area contributed by atoms with Crippen molar-refractivity contribution in [2.24, 2.45) is 0 Å². The first-order chi connectivity index (χ1) is 11.2. The van der Waals surface area contributed by atoms with Crippen LogP contribution in [0.15, 0.2) is 23.4 Å². The number of hydrogen-bond donors (Lipinski definition) is 2. The molecule has 2 N–H and O–H groups in total. The second kappa shape index (κ2) is 5.76. The van der Waals surface area contributed by atoms with Gasteiger partial charge in [-0.3, -0.25) is 4.72 Å². The van der Waals surface area contributed by atoms with Crippen molar-refractivity contribution in [2.45, 2.75) is 19.0 Å². The molecule has 3 aromatic rings. The molecule has 1 aromatic carbocycles. The summed E-state index contributed by atoms with van der Waals surface area (Å²) < 4.78 is 28.2. The van der Waals surface area contributed by atoms with Crippen molar-refractivity contribution in [1.29, 1.82) is 0 Å². The van der Waals surface area contributed by atoms with Crippen molar-refractivity contribution in [3.8, 4) is 5.88 Å². The smallest absolute Gasteiger partial charge is 0.299 e. The summed E-state index contributed by atoms with van der Waals surface area (Å²) in [4.78, 5) is 7.84. The van der Waals surface area contributed by atoms with Crippen LogP contribution in [0.2, 0.25) is 10.0 Å². The van der Waals surface area contributed by atoms with Crippen LogP contribution >= 0.6 is 23.2 Å². The van der Waals surface area contributed by atoms with Gasteiger partial charge in [-0.25, -0.2) is 4.98 Å². The van der Waals surface area contributed by atoms with Gasteiger partial charge < -0.3 is 5.11 Å². The number of rotatable bonds is 3. The summed E-state index contributed by atoms with van der Waals surface area (Å²) in [5.41, 5.74) is 1.15. The number of benzene rings is 1. The van der Waals surface area contributed by atoms with Crippen LogP contribution in [-0.4, -0.2) is 33.1 Å². The van der Waals surface area contributed by atoms with Crippen molar-refractivity contribution in [1.82, 2.24) is 19.6 Å². The molecule has 2 aromatic heterocycles. The van der Waals surface area contributed by atoms with Gasteiger partial charge in [0.05, 0.1) is 15.7 Å². The van der Waals surface area contributed by atoms with E-state index in [1.54, 1.807) is 19.9 Å². The molecule has 3 rings (SSSR count). The average molecular weight is 388 g/mol. The Morgan fingerprint density at radius 2 is 1.92 bits per heavy atom. The quantitative estimate of drug-likeness (QED) is 0.714. The highest BCUT2D eigenvalue weighted by Crippen LogP contribution is 2.34. The molecular formula is C13H11Cl2N5O3S. The van der Waals surface area contributed by atoms with Gasteiger partial charge >= 0.3 is 0 Å². The molecule has 2 heterocycles. The lowest BCUT2D eigenvalue weighted by molar-refractivity contribution is 0.432. The van der Waals surface area contributed by atoms with Crippen LogP contribution < -0.4 is 4.72 Å². The summed E-state index contributed by atoms with van der Waals surface area (Å²) in [7, 11) is -4.18. The van der Waals surface area contributed by atoms with Crippen molar-refractivity contribution < 1.29 is 13.5 Å². The molecule has 0 aliphatic heterocycles. The van der Waals surface area contributed by atoms with Crippen molar-refractivity contribution in [3.63, 3.8) is 0 Å². The molecule has 0 amide bonds. The summed E-state index contributed by atoms with van der Waals surface area (Å²) >= 11 is 12.1. The van der Waals surface area contributed by atoms with Gasteiger partial charge in [0.25, 0.3) is 21.0 Å². The van der Waals surface area contributed by atoms with E-state index in [0.29, 0.717) is 11.3 Å². The van der Waals surface area contributed by atoms with E-state index < -0.39 is 15.2 Å². The largest absolute Gasteiger partial charge is 0.493 e. The minimum Gasteiger partial charge on any atom is -0.493 e. The fourth-order valence-corrected chi connectivity index (χ4v) is 3.53. The Morgan fingerprint density at radius 3 is 2.62 bits per heavy atom. The summed E-state index contributed by atoms with van der Waals surface area (Å²) in [5, 5.41) is 13.3. The molecule has 0 aliphatic carbocycles. The lowest BCUT2D eigenvalue weighted by Gasteiger charge is -2.10. The van der Waals surface area contributed by atoms with Gasteiger partial charge in [-0.2, -0.15) is 17.9 Å². The highest BCUT2D eigenvalue weighted by atomic mass is 35.5. The molecule has 0 atom stereocenters. The van der Waals surface area contributed by atoms with Crippen LogP contribution in [0.1, 0.15) is 11.3 Å². The lowest BCUT2D eigenvalue weighted by atomic mass is 10.2. The van der Waals surface area contributed by atoms with Crippen LogP contribution in [0.25, 0.3) is 5.78 Å². The number of halogens is 2. The number of aryl methyl sites for hydroxylation is 2. The zero-order valence-corrected chi connectivity index (χ0v) is 14.8. The van der Waals surface area contributed by atoms with E-state index in [9.17, 15) is 13.5 Å². The number of hydrogen-bond acceptors (Lipinski definition) is 6. The summed E-state index contributed by atoms with van der Waals surface area (Å²) in [6.07, 6.45) is 0. The SMILES string of the molecule is Cc1cc(O)n2nc(S(=O)(=O)Nc3c(Cl)ccc(C)c3Cl)nc2n1. The van der Waals surface area contributed by atoms with Crippen molar-refractivity contribution in [2.75, 3.05) is 4.72 Å². The van der Waals surface area contributed by atoms with E-state index in [1.807, 2.05) is 0 Å². The third-order valence-corrected chi connectivity index (χ3v) is 5.09. The van der Waals surface area contributed by atoms with Crippen LogP contribution in [0, 0.1) is 13.8 Å². The first-order valence-corrected chi connectivity index (χ1v) is 8.84. The highest BCUT2D eigenvalue weighted by Gasteiger charge is 2.24. The molecule has 0 unspecified atom stereocenters. The standard InChI is InChI=1S/C13H11Cl2N5O3S/c1-6-3-4-8(14)11(10(6)15)19-24(22,23)13-17-12-16-7(2)5-9(21)20(12)18-13/h3-5,19,21H,1-2H3. The number of nitrogens with zero attached hydrogens (tertiary/aromatic N) is 4. The maximum Gasteiger partial charge on any atom is 0.299 e. The fourth-order valence-electron chi connectivity index (χ4n) is 1.99. The number of aromatic nitrogens is 4. The van der Waals surface area contributed by atoms with Crippen molar-refractivity contribution in [3.05, 3.63) is 39.5 Å². The summed E-state index contributed by atoms with van der Waals surface area (Å²) in [5.74, 6) is -0.326. The Labute approximate surface area is 147 Å². The summed E-state index contributed by atoms with van der Waals surface area (Å²) in [6.45, 7) is 3.34. The minimum absolute atomic E-state index is 0.0329. The zero-order valence-electron chi connectivity index (χ0n) is 12.4.